The Bertz CT molecular complexity index is 1340. The van der Waals surface area contributed by atoms with Crippen molar-refractivity contribution in [2.75, 3.05) is 25.5 Å². The molecule has 3 N–H and O–H groups in total. The second kappa shape index (κ2) is 8.97. The summed E-state index contributed by atoms with van der Waals surface area (Å²) in [6.45, 7) is 5.02. The third kappa shape index (κ3) is 4.48. The molecule has 1 aliphatic heterocycles. The monoisotopic (exact) mass is 486 g/mol. The maximum Gasteiger partial charge on any atom is 0.419 e. The summed E-state index contributed by atoms with van der Waals surface area (Å²) in [7, 11) is 1.63. The van der Waals surface area contributed by atoms with Crippen LogP contribution in [0.4, 0.5) is 19.1 Å². The summed E-state index contributed by atoms with van der Waals surface area (Å²) in [4.78, 5) is 11.4. The van der Waals surface area contributed by atoms with Gasteiger partial charge in [0.05, 0.1) is 17.5 Å². The van der Waals surface area contributed by atoms with E-state index in [2.05, 4.69) is 30.7 Å². The number of benzene rings is 1. The third-order valence-electron chi connectivity index (χ3n) is 6.33. The zero-order valence-corrected chi connectivity index (χ0v) is 19.5. The smallest absolute Gasteiger partial charge is 0.380 e. The molecule has 0 radical (unpaired) electrons. The number of nitrogens with zero attached hydrogens (tertiary/aromatic N) is 3. The predicted molar refractivity (Wildman–Crippen MR) is 125 cm³/mol. The molecule has 11 heteroatoms. The average Bonchev–Trinajstić information content (AvgIpc) is 3.40. The number of ether oxygens (including phenoxy) is 1. The van der Waals surface area contributed by atoms with Crippen molar-refractivity contribution in [3.63, 3.8) is 0 Å². The molecule has 0 amide bonds. The van der Waals surface area contributed by atoms with Gasteiger partial charge >= 0.3 is 6.18 Å². The second-order valence-corrected chi connectivity index (χ2v) is 8.71. The Morgan fingerprint density at radius 1 is 1.20 bits per heavy atom. The Kier molecular flexibility index (Phi) is 5.97. The number of rotatable bonds is 5. The van der Waals surface area contributed by atoms with Gasteiger partial charge in [0.2, 0.25) is 5.95 Å². The molecule has 35 heavy (non-hydrogen) atoms. The first-order valence-corrected chi connectivity index (χ1v) is 11.2. The number of nitrogens with one attached hydrogen (secondary N) is 3. The number of anilines is 1. The minimum absolute atomic E-state index is 0.00989. The Hall–Kier alpha value is -3.44. The highest BCUT2D eigenvalue weighted by molar-refractivity contribution is 5.97. The topological polar surface area (TPSA) is 101 Å². The zero-order valence-electron chi connectivity index (χ0n) is 19.5. The molecule has 4 heterocycles. The highest BCUT2D eigenvalue weighted by atomic mass is 19.4. The molecule has 8 nitrogen and oxygen atoms in total. The van der Waals surface area contributed by atoms with Crippen molar-refractivity contribution in [1.29, 1.82) is 0 Å². The first-order chi connectivity index (χ1) is 16.7. The molecule has 1 saturated heterocycles. The van der Waals surface area contributed by atoms with E-state index in [0.717, 1.165) is 29.6 Å². The Labute approximate surface area is 199 Å². The fraction of sp³-hybridized carbons (Fsp3) is 0.375. The van der Waals surface area contributed by atoms with Crippen molar-refractivity contribution in [2.24, 2.45) is 0 Å². The van der Waals surface area contributed by atoms with Gasteiger partial charge in [-0.05, 0) is 31.9 Å². The van der Waals surface area contributed by atoms with E-state index in [1.54, 1.807) is 19.4 Å². The fourth-order valence-corrected chi connectivity index (χ4v) is 4.61. The number of H-pyrrole nitrogens is 1. The number of aromatic amines is 1. The van der Waals surface area contributed by atoms with Gasteiger partial charge in [-0.25, -0.2) is 9.97 Å². The quantitative estimate of drug-likeness (QED) is 0.376. The lowest BCUT2D eigenvalue weighted by Gasteiger charge is -2.29. The maximum absolute atomic E-state index is 13.9. The third-order valence-corrected chi connectivity index (χ3v) is 6.33. The Morgan fingerprint density at radius 2 is 2.03 bits per heavy atom. The molecule has 1 aliphatic rings. The normalized spacial score (nSPS) is 18.8. The van der Waals surface area contributed by atoms with Crippen LogP contribution in [-0.4, -0.2) is 52.5 Å². The molecule has 0 unspecified atom stereocenters. The van der Waals surface area contributed by atoms with Crippen molar-refractivity contribution >= 4 is 16.9 Å². The van der Waals surface area contributed by atoms with E-state index in [1.807, 2.05) is 26.0 Å². The first kappa shape index (κ1) is 23.3. The number of aryl methyl sites for hydroxylation is 2. The van der Waals surface area contributed by atoms with Crippen LogP contribution in [0.2, 0.25) is 0 Å². The largest absolute Gasteiger partial charge is 0.419 e. The number of halogens is 3. The van der Waals surface area contributed by atoms with Crippen LogP contribution in [0.15, 0.2) is 35.1 Å². The standard InChI is InChI=1S/C24H25F3N6O2/c1-12-21(13(2)35-33-12)14-4-5-17-18(10-29-20(17)6-14)22-19(24(25,26)27)11-30-23(32-22)31-15-7-16(34-3)9-28-8-15/h4-6,10-11,15-16,28-29H,7-9H2,1-3H3,(H,30,31,32)/t15-,16+/m0/s1. The summed E-state index contributed by atoms with van der Waals surface area (Å²) in [5.41, 5.74) is 2.42. The lowest BCUT2D eigenvalue weighted by molar-refractivity contribution is -0.137. The molecule has 184 valence electrons. The molecule has 0 saturated carbocycles. The molecule has 1 fully saturated rings. The van der Waals surface area contributed by atoms with Gasteiger partial charge in [-0.3, -0.25) is 0 Å². The fourth-order valence-electron chi connectivity index (χ4n) is 4.61. The van der Waals surface area contributed by atoms with Gasteiger partial charge in [-0.1, -0.05) is 17.3 Å². The molecular weight excluding hydrogens is 461 g/mol. The lowest BCUT2D eigenvalue weighted by atomic mass is 10.0. The summed E-state index contributed by atoms with van der Waals surface area (Å²) in [6, 6.07) is 5.43. The molecule has 0 spiro atoms. The molecular formula is C24H25F3N6O2. The lowest BCUT2D eigenvalue weighted by Crippen LogP contribution is -2.46. The molecule has 5 rings (SSSR count). The van der Waals surface area contributed by atoms with Gasteiger partial charge < -0.3 is 24.9 Å². The molecule has 2 atom stereocenters. The highest BCUT2D eigenvalue weighted by Crippen LogP contribution is 2.39. The summed E-state index contributed by atoms with van der Waals surface area (Å²) in [5, 5.41) is 11.0. The number of piperidine rings is 1. The van der Waals surface area contributed by atoms with Crippen LogP contribution >= 0.6 is 0 Å². The molecule has 0 bridgehead atoms. The van der Waals surface area contributed by atoms with Crippen LogP contribution in [-0.2, 0) is 10.9 Å². The van der Waals surface area contributed by atoms with Gasteiger partial charge in [0.1, 0.15) is 11.3 Å². The molecule has 0 aliphatic carbocycles. The zero-order chi connectivity index (χ0) is 24.7. The van der Waals surface area contributed by atoms with Crippen LogP contribution in [0.5, 0.6) is 0 Å². The Morgan fingerprint density at radius 3 is 2.74 bits per heavy atom. The van der Waals surface area contributed by atoms with Crippen molar-refractivity contribution in [3.8, 4) is 22.4 Å². The van der Waals surface area contributed by atoms with Crippen molar-refractivity contribution in [1.82, 2.24) is 25.4 Å². The van der Waals surface area contributed by atoms with Gasteiger partial charge in [-0.15, -0.1) is 0 Å². The van der Waals surface area contributed by atoms with Crippen LogP contribution in [0.25, 0.3) is 33.3 Å². The van der Waals surface area contributed by atoms with E-state index in [0.29, 0.717) is 35.2 Å². The number of alkyl halides is 3. The summed E-state index contributed by atoms with van der Waals surface area (Å²) in [6.07, 6.45) is -1.52. The van der Waals surface area contributed by atoms with Gasteiger partial charge in [-0.2, -0.15) is 13.2 Å². The van der Waals surface area contributed by atoms with Gasteiger partial charge in [0, 0.05) is 60.7 Å². The molecule has 3 aromatic heterocycles. The molecule has 4 aromatic rings. The predicted octanol–water partition coefficient (Wildman–Crippen LogP) is 4.70. The van der Waals surface area contributed by atoms with Gasteiger partial charge in [0.25, 0.3) is 0 Å². The number of hydrogen-bond acceptors (Lipinski definition) is 7. The number of methoxy groups -OCH3 is 1. The van der Waals surface area contributed by atoms with E-state index < -0.39 is 11.7 Å². The van der Waals surface area contributed by atoms with Crippen LogP contribution in [0.1, 0.15) is 23.4 Å². The highest BCUT2D eigenvalue weighted by Gasteiger charge is 2.36. The van der Waals surface area contributed by atoms with Crippen LogP contribution in [0, 0.1) is 13.8 Å². The van der Waals surface area contributed by atoms with Crippen LogP contribution in [0.3, 0.4) is 0 Å². The summed E-state index contributed by atoms with van der Waals surface area (Å²) < 4.78 is 52.4. The van der Waals surface area contributed by atoms with Crippen molar-refractivity contribution < 1.29 is 22.4 Å². The van der Waals surface area contributed by atoms with E-state index >= 15 is 0 Å². The number of fused-ring (bicyclic) bond motifs is 1. The average molecular weight is 486 g/mol. The van der Waals surface area contributed by atoms with Gasteiger partial charge in [0.15, 0.2) is 0 Å². The minimum atomic E-state index is -4.61. The van der Waals surface area contributed by atoms with Crippen LogP contribution < -0.4 is 10.6 Å². The summed E-state index contributed by atoms with van der Waals surface area (Å²) >= 11 is 0. The van der Waals surface area contributed by atoms with E-state index in [4.69, 9.17) is 9.26 Å². The second-order valence-electron chi connectivity index (χ2n) is 8.71. The summed E-state index contributed by atoms with van der Waals surface area (Å²) in [5.74, 6) is 0.811. The number of aromatic nitrogens is 4. The molecule has 1 aromatic carbocycles. The first-order valence-electron chi connectivity index (χ1n) is 11.2. The number of hydrogen-bond donors (Lipinski definition) is 3. The van der Waals surface area contributed by atoms with E-state index in [1.165, 1.54) is 0 Å². The van der Waals surface area contributed by atoms with E-state index in [-0.39, 0.29) is 23.8 Å². The van der Waals surface area contributed by atoms with Crippen molar-refractivity contribution in [3.05, 3.63) is 47.6 Å². The SMILES string of the molecule is CO[C@H]1CNC[C@@H](Nc2ncc(C(F)(F)F)c(-c3c[nH]c4cc(-c5c(C)noc5C)ccc34)n2)C1. The van der Waals surface area contributed by atoms with Crippen molar-refractivity contribution in [2.45, 2.75) is 38.6 Å². The minimum Gasteiger partial charge on any atom is -0.380 e. The Balaban J connectivity index is 1.54. The van der Waals surface area contributed by atoms with E-state index in [9.17, 15) is 13.2 Å². The maximum atomic E-state index is 13.9.